The number of carbonyl (C=O) groups excluding carboxylic acids is 1. The van der Waals surface area contributed by atoms with Crippen LogP contribution in [0.2, 0.25) is 0 Å². The topological polar surface area (TPSA) is 81.7 Å². The third kappa shape index (κ3) is 3.86. The average Bonchev–Trinajstić information content (AvgIpc) is 2.57. The molecule has 6 nitrogen and oxygen atoms in total. The molecule has 0 atom stereocenters. The Balaban J connectivity index is 2.32. The Hall–Kier alpha value is -2.54. The van der Waals surface area contributed by atoms with Crippen LogP contribution in [0.5, 0.6) is 5.75 Å². The minimum absolute atomic E-state index is 0.101. The number of hydrogen-bond donors (Lipinski definition) is 1. The highest BCUT2D eigenvalue weighted by Gasteiger charge is 2.18. The third-order valence-corrected chi connectivity index (χ3v) is 4.82. The molecule has 0 heterocycles. The van der Waals surface area contributed by atoms with Crippen molar-refractivity contribution >= 4 is 21.7 Å². The number of anilines is 1. The Kier molecular flexibility index (Phi) is 5.46. The van der Waals surface area contributed by atoms with Crippen molar-refractivity contribution in [3.8, 4) is 5.75 Å². The van der Waals surface area contributed by atoms with Crippen LogP contribution in [-0.2, 0) is 14.8 Å². The van der Waals surface area contributed by atoms with Gasteiger partial charge >= 0.3 is 5.97 Å². The average molecular weight is 349 g/mol. The van der Waals surface area contributed by atoms with Gasteiger partial charge in [0.25, 0.3) is 10.0 Å². The highest BCUT2D eigenvalue weighted by molar-refractivity contribution is 7.92. The van der Waals surface area contributed by atoms with E-state index in [4.69, 9.17) is 9.47 Å². The lowest BCUT2D eigenvalue weighted by Gasteiger charge is -2.13. The molecule has 0 radical (unpaired) electrons. The second kappa shape index (κ2) is 7.35. The monoisotopic (exact) mass is 349 g/mol. The van der Waals surface area contributed by atoms with E-state index in [9.17, 15) is 13.2 Å². The second-order valence-corrected chi connectivity index (χ2v) is 6.66. The molecule has 24 heavy (non-hydrogen) atoms. The summed E-state index contributed by atoms with van der Waals surface area (Å²) in [6.07, 6.45) is 0. The molecule has 0 saturated carbocycles. The lowest BCUT2D eigenvalue weighted by molar-refractivity contribution is 0.0525. The standard InChI is InChI=1S/C17H19NO5S/c1-4-23-17(19)15-6-5-7-16(12(15)2)18-24(20,21)14-10-8-13(22-3)9-11-14/h5-11,18H,4H2,1-3H3. The van der Waals surface area contributed by atoms with Crippen molar-refractivity contribution in [2.45, 2.75) is 18.7 Å². The van der Waals surface area contributed by atoms with Gasteiger partial charge in [0.1, 0.15) is 5.75 Å². The van der Waals surface area contributed by atoms with E-state index in [-0.39, 0.29) is 11.5 Å². The van der Waals surface area contributed by atoms with Gasteiger partial charge in [-0.05, 0) is 55.8 Å². The minimum atomic E-state index is -3.77. The second-order valence-electron chi connectivity index (χ2n) is 4.98. The van der Waals surface area contributed by atoms with Gasteiger partial charge in [0, 0.05) is 0 Å². The van der Waals surface area contributed by atoms with E-state index in [1.165, 1.54) is 19.2 Å². The van der Waals surface area contributed by atoms with E-state index in [0.29, 0.717) is 22.6 Å². The fraction of sp³-hybridized carbons (Fsp3) is 0.235. The van der Waals surface area contributed by atoms with Gasteiger partial charge in [0.2, 0.25) is 0 Å². The first kappa shape index (κ1) is 17.8. The fourth-order valence-corrected chi connectivity index (χ4v) is 3.26. The molecular weight excluding hydrogens is 330 g/mol. The molecule has 0 saturated heterocycles. The van der Waals surface area contributed by atoms with Crippen molar-refractivity contribution in [1.29, 1.82) is 0 Å². The summed E-state index contributed by atoms with van der Waals surface area (Å²) < 4.78 is 37.5. The van der Waals surface area contributed by atoms with E-state index in [0.717, 1.165) is 0 Å². The quantitative estimate of drug-likeness (QED) is 0.811. The zero-order valence-electron chi connectivity index (χ0n) is 13.7. The molecular formula is C17H19NO5S. The summed E-state index contributed by atoms with van der Waals surface area (Å²) in [6.45, 7) is 3.63. The normalized spacial score (nSPS) is 11.0. The number of nitrogens with one attached hydrogen (secondary N) is 1. The van der Waals surface area contributed by atoms with Crippen LogP contribution >= 0.6 is 0 Å². The van der Waals surface area contributed by atoms with Crippen LogP contribution < -0.4 is 9.46 Å². The highest BCUT2D eigenvalue weighted by atomic mass is 32.2. The maximum atomic E-state index is 12.5. The molecule has 2 aromatic carbocycles. The Morgan fingerprint density at radius 1 is 1.12 bits per heavy atom. The maximum Gasteiger partial charge on any atom is 0.338 e. The lowest BCUT2D eigenvalue weighted by atomic mass is 10.1. The van der Waals surface area contributed by atoms with Gasteiger partial charge in [0.15, 0.2) is 0 Å². The Bertz CT molecular complexity index is 829. The van der Waals surface area contributed by atoms with Crippen molar-refractivity contribution in [3.05, 3.63) is 53.6 Å². The lowest BCUT2D eigenvalue weighted by Crippen LogP contribution is -2.15. The van der Waals surface area contributed by atoms with Crippen molar-refractivity contribution in [2.24, 2.45) is 0 Å². The number of rotatable bonds is 6. The molecule has 0 unspecified atom stereocenters. The predicted molar refractivity (Wildman–Crippen MR) is 90.9 cm³/mol. The number of sulfonamides is 1. The summed E-state index contributed by atoms with van der Waals surface area (Å²) in [5.41, 5.74) is 1.16. The van der Waals surface area contributed by atoms with E-state index in [1.54, 1.807) is 44.2 Å². The van der Waals surface area contributed by atoms with Crippen LogP contribution in [0.4, 0.5) is 5.69 Å². The largest absolute Gasteiger partial charge is 0.497 e. The van der Waals surface area contributed by atoms with Crippen LogP contribution in [0.15, 0.2) is 47.4 Å². The van der Waals surface area contributed by atoms with Crippen LogP contribution in [0.3, 0.4) is 0 Å². The molecule has 0 aliphatic carbocycles. The van der Waals surface area contributed by atoms with Gasteiger partial charge in [-0.25, -0.2) is 13.2 Å². The first-order valence-corrected chi connectivity index (χ1v) is 8.81. The SMILES string of the molecule is CCOC(=O)c1cccc(NS(=O)(=O)c2ccc(OC)cc2)c1C. The fourth-order valence-electron chi connectivity index (χ4n) is 2.13. The number of esters is 1. The van der Waals surface area contributed by atoms with E-state index in [1.807, 2.05) is 0 Å². The summed E-state index contributed by atoms with van der Waals surface area (Å²) in [5.74, 6) is 0.0786. The van der Waals surface area contributed by atoms with Crippen LogP contribution in [0.1, 0.15) is 22.8 Å². The van der Waals surface area contributed by atoms with E-state index < -0.39 is 16.0 Å². The number of methoxy groups -OCH3 is 1. The molecule has 0 spiro atoms. The third-order valence-electron chi connectivity index (χ3n) is 3.44. The van der Waals surface area contributed by atoms with Gasteiger partial charge in [-0.2, -0.15) is 0 Å². The number of benzene rings is 2. The van der Waals surface area contributed by atoms with Crippen LogP contribution in [0, 0.1) is 6.92 Å². The zero-order valence-corrected chi connectivity index (χ0v) is 14.5. The zero-order chi connectivity index (χ0) is 17.7. The minimum Gasteiger partial charge on any atom is -0.497 e. The van der Waals surface area contributed by atoms with Crippen molar-refractivity contribution in [2.75, 3.05) is 18.4 Å². The summed E-state index contributed by atoms with van der Waals surface area (Å²) in [5, 5.41) is 0. The molecule has 0 aromatic heterocycles. The summed E-state index contributed by atoms with van der Waals surface area (Å²) >= 11 is 0. The Morgan fingerprint density at radius 2 is 1.79 bits per heavy atom. The van der Waals surface area contributed by atoms with Crippen molar-refractivity contribution < 1.29 is 22.7 Å². The van der Waals surface area contributed by atoms with Gasteiger partial charge in [-0.15, -0.1) is 0 Å². The number of carbonyl (C=O) groups is 1. The van der Waals surface area contributed by atoms with E-state index in [2.05, 4.69) is 4.72 Å². The van der Waals surface area contributed by atoms with Crippen molar-refractivity contribution in [3.63, 3.8) is 0 Å². The molecule has 0 amide bonds. The molecule has 0 fully saturated rings. The summed E-state index contributed by atoms with van der Waals surface area (Å²) in [6, 6.07) is 10.8. The van der Waals surface area contributed by atoms with Crippen LogP contribution in [0.25, 0.3) is 0 Å². The number of ether oxygens (including phenoxy) is 2. The molecule has 2 rings (SSSR count). The van der Waals surface area contributed by atoms with Gasteiger partial charge in [-0.3, -0.25) is 4.72 Å². The molecule has 0 bridgehead atoms. The first-order valence-electron chi connectivity index (χ1n) is 7.32. The molecule has 7 heteroatoms. The van der Waals surface area contributed by atoms with Gasteiger partial charge in [0.05, 0.1) is 29.9 Å². The number of hydrogen-bond acceptors (Lipinski definition) is 5. The predicted octanol–water partition coefficient (Wildman–Crippen LogP) is 2.98. The summed E-state index contributed by atoms with van der Waals surface area (Å²) in [4.78, 5) is 12.0. The molecule has 1 N–H and O–H groups in total. The van der Waals surface area contributed by atoms with Crippen LogP contribution in [-0.4, -0.2) is 28.1 Å². The smallest absolute Gasteiger partial charge is 0.338 e. The molecule has 128 valence electrons. The molecule has 0 aliphatic rings. The van der Waals surface area contributed by atoms with Gasteiger partial charge in [-0.1, -0.05) is 6.07 Å². The first-order chi connectivity index (χ1) is 11.4. The molecule has 2 aromatic rings. The van der Waals surface area contributed by atoms with Crippen molar-refractivity contribution in [1.82, 2.24) is 0 Å². The highest BCUT2D eigenvalue weighted by Crippen LogP contribution is 2.24. The van der Waals surface area contributed by atoms with E-state index >= 15 is 0 Å². The molecule has 0 aliphatic heterocycles. The maximum absolute atomic E-state index is 12.5. The summed E-state index contributed by atoms with van der Waals surface area (Å²) in [7, 11) is -2.27. The van der Waals surface area contributed by atoms with Gasteiger partial charge < -0.3 is 9.47 Å². The Labute approximate surface area is 141 Å². The Morgan fingerprint density at radius 3 is 2.38 bits per heavy atom.